The number of piperidine rings is 1. The number of benzene rings is 1. The minimum Gasteiger partial charge on any atom is -0.316 e. The molecule has 0 bridgehead atoms. The highest BCUT2D eigenvalue weighted by atomic mass is 16.2. The van der Waals surface area contributed by atoms with Gasteiger partial charge in [0.2, 0.25) is 11.8 Å². The maximum absolute atomic E-state index is 13.2. The van der Waals surface area contributed by atoms with Gasteiger partial charge in [-0.25, -0.2) is 0 Å². The molecule has 3 heterocycles. The zero-order valence-electron chi connectivity index (χ0n) is 16.1. The Morgan fingerprint density at radius 2 is 1.93 bits per heavy atom. The lowest BCUT2D eigenvalue weighted by Gasteiger charge is -2.28. The molecule has 2 saturated heterocycles. The van der Waals surface area contributed by atoms with Crippen LogP contribution in [0.3, 0.4) is 0 Å². The van der Waals surface area contributed by atoms with E-state index >= 15 is 0 Å². The number of rotatable bonds is 5. The molecule has 152 valence electrons. The number of nitrogens with one attached hydrogen (secondary N) is 3. The molecule has 3 aliphatic heterocycles. The molecule has 8 nitrogen and oxygen atoms in total. The predicted octanol–water partition coefficient (Wildman–Crippen LogP) is 0.320. The van der Waals surface area contributed by atoms with Gasteiger partial charge in [-0.2, -0.15) is 0 Å². The fourth-order valence-electron chi connectivity index (χ4n) is 4.99. The Hall–Kier alpha value is -2.58. The molecular formula is C21H24N4O4. The Balaban J connectivity index is 1.38. The van der Waals surface area contributed by atoms with Gasteiger partial charge in [0.1, 0.15) is 6.04 Å². The van der Waals surface area contributed by atoms with Gasteiger partial charge in [-0.05, 0) is 56.3 Å². The third-order valence-electron chi connectivity index (χ3n) is 6.82. The lowest BCUT2D eigenvalue weighted by atomic mass is 9.95. The monoisotopic (exact) mass is 396 g/mol. The second-order valence-electron chi connectivity index (χ2n) is 8.49. The summed E-state index contributed by atoms with van der Waals surface area (Å²) in [5.41, 5.74) is 1.63. The Morgan fingerprint density at radius 3 is 2.62 bits per heavy atom. The van der Waals surface area contributed by atoms with Crippen LogP contribution in [0.15, 0.2) is 18.2 Å². The van der Waals surface area contributed by atoms with Crippen molar-refractivity contribution in [3.63, 3.8) is 0 Å². The molecule has 3 fully saturated rings. The van der Waals surface area contributed by atoms with Crippen molar-refractivity contribution >= 4 is 23.6 Å². The van der Waals surface area contributed by atoms with E-state index < -0.39 is 23.8 Å². The third-order valence-corrected chi connectivity index (χ3v) is 6.82. The Bertz CT molecular complexity index is 917. The summed E-state index contributed by atoms with van der Waals surface area (Å²) >= 11 is 0. The molecule has 2 unspecified atom stereocenters. The Labute approximate surface area is 168 Å². The quantitative estimate of drug-likeness (QED) is 0.619. The summed E-state index contributed by atoms with van der Waals surface area (Å²) < 4.78 is 0. The summed E-state index contributed by atoms with van der Waals surface area (Å²) in [6, 6.07) is 4.36. The largest absolute Gasteiger partial charge is 0.316 e. The minimum atomic E-state index is -0.930. The summed E-state index contributed by atoms with van der Waals surface area (Å²) in [4.78, 5) is 50.8. The fraction of sp³-hybridized carbons (Fsp3) is 0.524. The van der Waals surface area contributed by atoms with Crippen molar-refractivity contribution in [2.45, 2.75) is 50.2 Å². The molecule has 1 saturated carbocycles. The zero-order chi connectivity index (χ0) is 20.2. The zero-order valence-corrected chi connectivity index (χ0v) is 16.1. The smallest absolute Gasteiger partial charge is 0.262 e. The molecular weight excluding hydrogens is 372 g/mol. The first-order chi connectivity index (χ1) is 14.0. The van der Waals surface area contributed by atoms with E-state index in [2.05, 4.69) is 16.0 Å². The van der Waals surface area contributed by atoms with E-state index in [1.807, 2.05) is 6.07 Å². The van der Waals surface area contributed by atoms with E-state index in [0.29, 0.717) is 23.6 Å². The molecule has 1 aliphatic carbocycles. The summed E-state index contributed by atoms with van der Waals surface area (Å²) in [6.07, 6.45) is 3.70. The van der Waals surface area contributed by atoms with E-state index in [1.54, 1.807) is 12.1 Å². The van der Waals surface area contributed by atoms with Crippen molar-refractivity contribution < 1.29 is 19.2 Å². The molecule has 29 heavy (non-hydrogen) atoms. The lowest BCUT2D eigenvalue weighted by Crippen LogP contribution is -2.54. The summed E-state index contributed by atoms with van der Waals surface area (Å²) in [5, 5.41) is 9.30. The molecule has 4 aliphatic rings. The number of nitrogens with zero attached hydrogens (tertiary/aromatic N) is 1. The average molecular weight is 396 g/mol. The first-order valence-corrected chi connectivity index (χ1v) is 10.3. The summed E-state index contributed by atoms with van der Waals surface area (Å²) in [5.74, 6) is -1.26. The van der Waals surface area contributed by atoms with E-state index in [9.17, 15) is 19.2 Å². The fourth-order valence-corrected chi connectivity index (χ4v) is 4.99. The lowest BCUT2D eigenvalue weighted by molar-refractivity contribution is -0.136. The van der Waals surface area contributed by atoms with E-state index in [4.69, 9.17) is 0 Å². The Morgan fingerprint density at radius 1 is 1.10 bits per heavy atom. The van der Waals surface area contributed by atoms with Crippen LogP contribution in [0, 0.1) is 5.92 Å². The van der Waals surface area contributed by atoms with Gasteiger partial charge in [0.05, 0.1) is 11.1 Å². The minimum absolute atomic E-state index is 0.121. The van der Waals surface area contributed by atoms with Crippen molar-refractivity contribution in [3.8, 4) is 0 Å². The number of carbonyl (C=O) groups excluding carboxylic acids is 4. The molecule has 4 amide bonds. The second kappa shape index (κ2) is 6.74. The highest BCUT2D eigenvalue weighted by molar-refractivity contribution is 6.24. The van der Waals surface area contributed by atoms with E-state index in [0.717, 1.165) is 42.8 Å². The molecule has 1 aromatic rings. The van der Waals surface area contributed by atoms with Gasteiger partial charge in [-0.1, -0.05) is 12.1 Å². The van der Waals surface area contributed by atoms with Crippen molar-refractivity contribution in [1.29, 1.82) is 0 Å². The molecule has 3 N–H and O–H groups in total. The van der Waals surface area contributed by atoms with Crippen LogP contribution in [0.5, 0.6) is 0 Å². The van der Waals surface area contributed by atoms with E-state index in [1.165, 1.54) is 0 Å². The third kappa shape index (κ3) is 2.98. The maximum atomic E-state index is 13.2. The van der Waals surface area contributed by atoms with Crippen molar-refractivity contribution in [1.82, 2.24) is 20.9 Å². The summed E-state index contributed by atoms with van der Waals surface area (Å²) in [6.45, 7) is 2.57. The van der Waals surface area contributed by atoms with Crippen LogP contribution in [-0.4, -0.2) is 53.2 Å². The first-order valence-electron chi connectivity index (χ1n) is 10.3. The first kappa shape index (κ1) is 18.4. The maximum Gasteiger partial charge on any atom is 0.262 e. The van der Waals surface area contributed by atoms with Gasteiger partial charge in [0.15, 0.2) is 0 Å². The topological polar surface area (TPSA) is 108 Å². The number of carbonyl (C=O) groups is 4. The number of hydrogen-bond donors (Lipinski definition) is 3. The number of imide groups is 2. The molecule has 1 aromatic carbocycles. The molecule has 2 atom stereocenters. The molecule has 0 radical (unpaired) electrons. The van der Waals surface area contributed by atoms with Crippen molar-refractivity contribution in [2.24, 2.45) is 5.92 Å². The second-order valence-corrected chi connectivity index (χ2v) is 8.49. The normalized spacial score (nSPS) is 27.9. The van der Waals surface area contributed by atoms with Gasteiger partial charge in [0, 0.05) is 18.5 Å². The standard InChI is InChI=1S/C21H24N4O4/c26-16-5-4-15(18(27)24-16)25-19(28)14-3-1-2-12(17(14)20(25)29)10-23-21(7-8-21)13-6-9-22-11-13/h1-3,13,15,22-23H,4-11H2,(H,24,26,27). The molecule has 5 rings (SSSR count). The van der Waals surface area contributed by atoms with Crippen LogP contribution in [0.25, 0.3) is 0 Å². The van der Waals surface area contributed by atoms with Crippen LogP contribution >= 0.6 is 0 Å². The number of hydrogen-bond acceptors (Lipinski definition) is 6. The SMILES string of the molecule is O=C1CCC(N2C(=O)c3cccc(CNC4(C5CCNC5)CC4)c3C2=O)C(=O)N1. The van der Waals surface area contributed by atoms with Crippen molar-refractivity contribution in [2.75, 3.05) is 13.1 Å². The van der Waals surface area contributed by atoms with Gasteiger partial charge in [-0.15, -0.1) is 0 Å². The van der Waals surface area contributed by atoms with E-state index in [-0.39, 0.29) is 24.3 Å². The Kier molecular flexibility index (Phi) is 4.29. The van der Waals surface area contributed by atoms with Crippen LogP contribution in [0.4, 0.5) is 0 Å². The highest BCUT2D eigenvalue weighted by Crippen LogP contribution is 2.45. The van der Waals surface area contributed by atoms with Gasteiger partial charge in [-0.3, -0.25) is 29.4 Å². The van der Waals surface area contributed by atoms with Gasteiger partial charge >= 0.3 is 0 Å². The molecule has 0 aromatic heterocycles. The highest BCUT2D eigenvalue weighted by Gasteiger charge is 2.50. The molecule has 0 spiro atoms. The van der Waals surface area contributed by atoms with Crippen LogP contribution in [0.2, 0.25) is 0 Å². The van der Waals surface area contributed by atoms with Crippen LogP contribution < -0.4 is 16.0 Å². The molecule has 8 heteroatoms. The van der Waals surface area contributed by atoms with Gasteiger partial charge < -0.3 is 10.6 Å². The predicted molar refractivity (Wildman–Crippen MR) is 103 cm³/mol. The average Bonchev–Trinajstić information content (AvgIpc) is 3.19. The number of amides is 4. The van der Waals surface area contributed by atoms with Crippen LogP contribution in [-0.2, 0) is 16.1 Å². The summed E-state index contributed by atoms with van der Waals surface area (Å²) in [7, 11) is 0. The van der Waals surface area contributed by atoms with Crippen LogP contribution in [0.1, 0.15) is 58.4 Å². The number of fused-ring (bicyclic) bond motifs is 1. The van der Waals surface area contributed by atoms with Crippen molar-refractivity contribution in [3.05, 3.63) is 34.9 Å². The van der Waals surface area contributed by atoms with Gasteiger partial charge in [0.25, 0.3) is 11.8 Å².